The summed E-state index contributed by atoms with van der Waals surface area (Å²) in [4.78, 5) is 2.42. The molecule has 0 saturated heterocycles. The van der Waals surface area contributed by atoms with Gasteiger partial charge in [-0.3, -0.25) is 0 Å². The molecule has 1 aromatic rings. The van der Waals surface area contributed by atoms with Crippen LogP contribution in [0, 0.1) is 19.3 Å². The first kappa shape index (κ1) is 12.9. The zero-order chi connectivity index (χ0) is 12.5. The summed E-state index contributed by atoms with van der Waals surface area (Å²) in [5.74, 6) is 0. The van der Waals surface area contributed by atoms with Gasteiger partial charge in [0.05, 0.1) is 0 Å². The van der Waals surface area contributed by atoms with Crippen LogP contribution in [0.2, 0.25) is 0 Å². The zero-order valence-corrected chi connectivity index (χ0v) is 12.7. The fourth-order valence-corrected chi connectivity index (χ4v) is 3.51. The third-order valence-corrected chi connectivity index (χ3v) is 5.11. The van der Waals surface area contributed by atoms with Crippen LogP contribution in [-0.2, 0) is 0 Å². The predicted octanol–water partition coefficient (Wildman–Crippen LogP) is 4.30. The van der Waals surface area contributed by atoms with Crippen LogP contribution < -0.4 is 4.90 Å². The number of alkyl halides is 1. The first-order valence-corrected chi connectivity index (χ1v) is 7.52. The van der Waals surface area contributed by atoms with E-state index >= 15 is 0 Å². The summed E-state index contributed by atoms with van der Waals surface area (Å²) in [6.45, 7) is 5.52. The summed E-state index contributed by atoms with van der Waals surface area (Å²) in [7, 11) is 2.22. The highest BCUT2D eigenvalue weighted by Crippen LogP contribution is 2.43. The Labute approximate surface area is 113 Å². The van der Waals surface area contributed by atoms with E-state index in [1.807, 2.05) is 0 Å². The van der Waals surface area contributed by atoms with Crippen molar-refractivity contribution in [2.75, 3.05) is 23.8 Å². The Morgan fingerprint density at radius 2 is 1.76 bits per heavy atom. The van der Waals surface area contributed by atoms with E-state index in [1.165, 1.54) is 42.6 Å². The van der Waals surface area contributed by atoms with E-state index in [0.717, 1.165) is 5.33 Å². The van der Waals surface area contributed by atoms with Crippen molar-refractivity contribution in [2.24, 2.45) is 5.41 Å². The van der Waals surface area contributed by atoms with Gasteiger partial charge in [0.2, 0.25) is 0 Å². The highest BCUT2D eigenvalue weighted by Gasteiger charge is 2.36. The molecule has 0 N–H and O–H groups in total. The van der Waals surface area contributed by atoms with Crippen molar-refractivity contribution < 1.29 is 0 Å². The summed E-state index contributed by atoms with van der Waals surface area (Å²) in [5.41, 5.74) is 4.59. The van der Waals surface area contributed by atoms with Crippen LogP contribution in [0.25, 0.3) is 0 Å². The molecule has 0 bridgehead atoms. The lowest BCUT2D eigenvalue weighted by Crippen LogP contribution is -2.42. The Kier molecular flexibility index (Phi) is 3.82. The second-order valence-electron chi connectivity index (χ2n) is 5.69. The van der Waals surface area contributed by atoms with Gasteiger partial charge in [-0.15, -0.1) is 0 Å². The van der Waals surface area contributed by atoms with Gasteiger partial charge in [0, 0.05) is 24.6 Å². The van der Waals surface area contributed by atoms with Gasteiger partial charge in [0.15, 0.2) is 0 Å². The fourth-order valence-electron chi connectivity index (χ4n) is 2.78. The van der Waals surface area contributed by atoms with E-state index in [0.29, 0.717) is 5.41 Å². The molecule has 2 heteroatoms. The molecule has 1 aliphatic rings. The Hall–Kier alpha value is -0.500. The van der Waals surface area contributed by atoms with E-state index in [4.69, 9.17) is 0 Å². The van der Waals surface area contributed by atoms with E-state index in [-0.39, 0.29) is 0 Å². The lowest BCUT2D eigenvalue weighted by atomic mass is 9.70. The van der Waals surface area contributed by atoms with E-state index in [9.17, 15) is 0 Å². The number of halogens is 1. The molecular formula is C15H22BrN. The Morgan fingerprint density at radius 3 is 2.18 bits per heavy atom. The second-order valence-corrected chi connectivity index (χ2v) is 6.25. The van der Waals surface area contributed by atoms with Crippen LogP contribution in [0.15, 0.2) is 18.2 Å². The predicted molar refractivity (Wildman–Crippen MR) is 79.3 cm³/mol. The standard InChI is InChI=1S/C15H22BrN/c1-12-7-13(2)9-14(8-12)17(3)11-15(10-16)5-4-6-15/h7-9H,4-6,10-11H2,1-3H3. The highest BCUT2D eigenvalue weighted by atomic mass is 79.9. The Bertz CT molecular complexity index is 370. The molecule has 1 aliphatic carbocycles. The topological polar surface area (TPSA) is 3.24 Å². The van der Waals surface area contributed by atoms with Crippen LogP contribution in [0.3, 0.4) is 0 Å². The highest BCUT2D eigenvalue weighted by molar-refractivity contribution is 9.09. The minimum absolute atomic E-state index is 0.520. The molecule has 0 amide bonds. The van der Waals surface area contributed by atoms with Gasteiger partial charge >= 0.3 is 0 Å². The average molecular weight is 296 g/mol. The smallest absolute Gasteiger partial charge is 0.0369 e. The molecule has 1 nitrogen and oxygen atoms in total. The second kappa shape index (κ2) is 5.01. The number of anilines is 1. The Morgan fingerprint density at radius 1 is 1.18 bits per heavy atom. The van der Waals surface area contributed by atoms with Gasteiger partial charge in [-0.1, -0.05) is 28.4 Å². The molecule has 0 radical (unpaired) electrons. The molecule has 0 heterocycles. The minimum Gasteiger partial charge on any atom is -0.374 e. The third-order valence-electron chi connectivity index (χ3n) is 3.92. The molecule has 0 unspecified atom stereocenters. The van der Waals surface area contributed by atoms with Gasteiger partial charge in [0.25, 0.3) is 0 Å². The molecule has 0 aliphatic heterocycles. The molecule has 1 aromatic carbocycles. The van der Waals surface area contributed by atoms with E-state index in [1.54, 1.807) is 0 Å². The van der Waals surface area contributed by atoms with Crippen LogP contribution in [0.1, 0.15) is 30.4 Å². The number of benzene rings is 1. The van der Waals surface area contributed by atoms with Crippen LogP contribution in [0.4, 0.5) is 5.69 Å². The summed E-state index contributed by atoms with van der Waals surface area (Å²) in [6.07, 6.45) is 4.13. The van der Waals surface area contributed by atoms with Gasteiger partial charge in [-0.2, -0.15) is 0 Å². The number of hydrogen-bond donors (Lipinski definition) is 0. The fraction of sp³-hybridized carbons (Fsp3) is 0.600. The lowest BCUT2D eigenvalue weighted by molar-refractivity contribution is 0.179. The molecule has 0 atom stereocenters. The normalized spacial score (nSPS) is 17.6. The molecular weight excluding hydrogens is 274 g/mol. The maximum atomic E-state index is 3.69. The van der Waals surface area contributed by atoms with Gasteiger partial charge in [0.1, 0.15) is 0 Å². The SMILES string of the molecule is Cc1cc(C)cc(N(C)CC2(CBr)CCC2)c1. The summed E-state index contributed by atoms with van der Waals surface area (Å²) < 4.78 is 0. The summed E-state index contributed by atoms with van der Waals surface area (Å²) in [6, 6.07) is 6.81. The van der Waals surface area contributed by atoms with Crippen LogP contribution in [0.5, 0.6) is 0 Å². The molecule has 17 heavy (non-hydrogen) atoms. The summed E-state index contributed by atoms with van der Waals surface area (Å²) in [5, 5.41) is 1.13. The number of rotatable bonds is 4. The van der Waals surface area contributed by atoms with Crippen molar-refractivity contribution in [3.05, 3.63) is 29.3 Å². The third kappa shape index (κ3) is 2.85. The van der Waals surface area contributed by atoms with Crippen molar-refractivity contribution >= 4 is 21.6 Å². The number of aryl methyl sites for hydroxylation is 2. The molecule has 1 fully saturated rings. The van der Waals surface area contributed by atoms with E-state index < -0.39 is 0 Å². The maximum Gasteiger partial charge on any atom is 0.0369 e. The van der Waals surface area contributed by atoms with Gasteiger partial charge < -0.3 is 4.90 Å². The number of nitrogens with zero attached hydrogens (tertiary/aromatic N) is 1. The van der Waals surface area contributed by atoms with Crippen LogP contribution in [-0.4, -0.2) is 18.9 Å². The van der Waals surface area contributed by atoms with Crippen molar-refractivity contribution in [3.8, 4) is 0 Å². The van der Waals surface area contributed by atoms with Crippen molar-refractivity contribution in [1.29, 1.82) is 0 Å². The molecule has 2 rings (SSSR count). The molecule has 0 spiro atoms. The van der Waals surface area contributed by atoms with E-state index in [2.05, 4.69) is 59.9 Å². The van der Waals surface area contributed by atoms with Crippen molar-refractivity contribution in [2.45, 2.75) is 33.1 Å². The van der Waals surface area contributed by atoms with Crippen molar-refractivity contribution in [1.82, 2.24) is 0 Å². The van der Waals surface area contributed by atoms with Crippen molar-refractivity contribution in [3.63, 3.8) is 0 Å². The molecule has 94 valence electrons. The van der Waals surface area contributed by atoms with Gasteiger partial charge in [-0.25, -0.2) is 0 Å². The Balaban J connectivity index is 2.11. The monoisotopic (exact) mass is 295 g/mol. The van der Waals surface area contributed by atoms with Gasteiger partial charge in [-0.05, 0) is 55.4 Å². The quantitative estimate of drug-likeness (QED) is 0.749. The summed E-state index contributed by atoms with van der Waals surface area (Å²) >= 11 is 3.69. The molecule has 0 aromatic heterocycles. The largest absolute Gasteiger partial charge is 0.374 e. The maximum absolute atomic E-state index is 3.69. The minimum atomic E-state index is 0.520. The lowest BCUT2D eigenvalue weighted by Gasteiger charge is -2.43. The zero-order valence-electron chi connectivity index (χ0n) is 11.1. The average Bonchev–Trinajstić information content (AvgIpc) is 2.21. The molecule has 1 saturated carbocycles. The van der Waals surface area contributed by atoms with Crippen LogP contribution >= 0.6 is 15.9 Å². The first-order chi connectivity index (χ1) is 8.04. The first-order valence-electron chi connectivity index (χ1n) is 6.40. The number of hydrogen-bond acceptors (Lipinski definition) is 1.